The van der Waals surface area contributed by atoms with Crippen molar-refractivity contribution in [2.24, 2.45) is 5.73 Å². The number of nitrogens with zero attached hydrogens (tertiary/aromatic N) is 2. The highest BCUT2D eigenvalue weighted by Crippen LogP contribution is 2.24. The van der Waals surface area contributed by atoms with Crippen molar-refractivity contribution in [3.63, 3.8) is 0 Å². The molecule has 0 unspecified atom stereocenters. The fourth-order valence-electron chi connectivity index (χ4n) is 2.23. The van der Waals surface area contributed by atoms with Gasteiger partial charge in [0.1, 0.15) is 5.82 Å². The molecule has 10 heteroatoms. The molecule has 26 heavy (non-hydrogen) atoms. The number of benzene rings is 1. The predicted molar refractivity (Wildman–Crippen MR) is 98.3 cm³/mol. The Hall–Kier alpha value is -2.72. The number of aliphatic hydroxyl groups excluding tert-OH is 1. The zero-order valence-corrected chi connectivity index (χ0v) is 15.3. The molecule has 1 aromatic heterocycles. The van der Waals surface area contributed by atoms with Gasteiger partial charge in [0.25, 0.3) is 5.91 Å². The van der Waals surface area contributed by atoms with E-state index in [9.17, 15) is 13.2 Å². The second kappa shape index (κ2) is 8.11. The van der Waals surface area contributed by atoms with Crippen LogP contribution >= 0.6 is 0 Å². The third-order valence-electron chi connectivity index (χ3n) is 3.47. The predicted octanol–water partition coefficient (Wildman–Crippen LogP) is 0.689. The van der Waals surface area contributed by atoms with E-state index >= 15 is 0 Å². The van der Waals surface area contributed by atoms with Crippen LogP contribution in [0.1, 0.15) is 23.1 Å². The molecule has 0 aliphatic heterocycles. The Labute approximate surface area is 151 Å². The summed E-state index contributed by atoms with van der Waals surface area (Å²) in [5.74, 6) is -0.253. The third-order valence-corrected chi connectivity index (χ3v) is 4.58. The van der Waals surface area contributed by atoms with E-state index in [1.165, 1.54) is 12.1 Å². The van der Waals surface area contributed by atoms with E-state index in [-0.39, 0.29) is 29.6 Å². The van der Waals surface area contributed by atoms with Gasteiger partial charge in [0.05, 0.1) is 17.2 Å². The second-order valence-corrected chi connectivity index (χ2v) is 7.53. The molecule has 0 bridgehead atoms. The normalized spacial score (nSPS) is 11.2. The lowest BCUT2D eigenvalue weighted by Crippen LogP contribution is -2.20. The summed E-state index contributed by atoms with van der Waals surface area (Å²) in [7, 11) is -3.38. The summed E-state index contributed by atoms with van der Waals surface area (Å²) >= 11 is 0. The maximum atomic E-state index is 11.8. The number of aromatic nitrogens is 2. The number of carbonyl (C=O) groups excluding carboxylic acids is 1. The molecule has 9 nitrogen and oxygen atoms in total. The van der Waals surface area contributed by atoms with E-state index in [4.69, 9.17) is 10.8 Å². The highest BCUT2D eigenvalue weighted by atomic mass is 32.2. The molecular weight excluding hydrogens is 358 g/mol. The van der Waals surface area contributed by atoms with E-state index in [1.807, 2.05) is 6.92 Å². The molecule has 140 valence electrons. The van der Waals surface area contributed by atoms with E-state index in [0.717, 1.165) is 6.26 Å². The largest absolute Gasteiger partial charge is 0.395 e. The standard InChI is InChI=1S/C16H21N5O4S/c1-3-12-15(18-7-8-22)21-16(13(20-12)14(17)23)19-10-5-4-6-11(9-10)26(2,24)25/h4-6,9,22H,3,7-8H2,1-2H3,(H2,17,23)(H2,18,19,21). The zero-order valence-electron chi connectivity index (χ0n) is 14.5. The van der Waals surface area contributed by atoms with E-state index < -0.39 is 15.7 Å². The lowest BCUT2D eigenvalue weighted by Gasteiger charge is -2.15. The van der Waals surface area contributed by atoms with Gasteiger partial charge in [0, 0.05) is 18.5 Å². The second-order valence-electron chi connectivity index (χ2n) is 5.51. The van der Waals surface area contributed by atoms with Crippen LogP contribution in [0.3, 0.4) is 0 Å². The number of hydrogen-bond donors (Lipinski definition) is 4. The molecule has 0 atom stereocenters. The molecule has 2 rings (SSSR count). The Balaban J connectivity index is 2.48. The Bertz CT molecular complexity index is 915. The number of sulfone groups is 1. The van der Waals surface area contributed by atoms with Crippen molar-refractivity contribution >= 4 is 33.1 Å². The van der Waals surface area contributed by atoms with Crippen LogP contribution in [0, 0.1) is 0 Å². The van der Waals surface area contributed by atoms with E-state index in [0.29, 0.717) is 23.6 Å². The molecule has 1 aromatic carbocycles. The number of aryl methyl sites for hydroxylation is 1. The minimum absolute atomic E-state index is 0.0545. The van der Waals surface area contributed by atoms with Crippen LogP contribution in [-0.4, -0.2) is 48.8 Å². The van der Waals surface area contributed by atoms with Gasteiger partial charge >= 0.3 is 0 Å². The van der Waals surface area contributed by atoms with Gasteiger partial charge in [-0.25, -0.2) is 18.4 Å². The van der Waals surface area contributed by atoms with Crippen LogP contribution < -0.4 is 16.4 Å². The van der Waals surface area contributed by atoms with Crippen molar-refractivity contribution in [2.45, 2.75) is 18.2 Å². The number of nitrogens with two attached hydrogens (primary N) is 1. The summed E-state index contributed by atoms with van der Waals surface area (Å²) in [6.07, 6.45) is 1.61. The molecule has 0 fully saturated rings. The molecule has 0 spiro atoms. The van der Waals surface area contributed by atoms with Gasteiger partial charge in [-0.1, -0.05) is 13.0 Å². The molecular formula is C16H21N5O4S. The Morgan fingerprint density at radius 2 is 2.00 bits per heavy atom. The smallest absolute Gasteiger partial charge is 0.271 e. The SMILES string of the molecule is CCc1nc(C(N)=O)c(Nc2cccc(S(C)(=O)=O)c2)nc1NCCO. The van der Waals surface area contributed by atoms with Crippen LogP contribution in [0.4, 0.5) is 17.3 Å². The van der Waals surface area contributed by atoms with Gasteiger partial charge in [0.2, 0.25) is 0 Å². The summed E-state index contributed by atoms with van der Waals surface area (Å²) in [5, 5.41) is 14.8. The first kappa shape index (κ1) is 19.6. The number of aliphatic hydroxyl groups is 1. The van der Waals surface area contributed by atoms with Crippen molar-refractivity contribution in [3.8, 4) is 0 Å². The van der Waals surface area contributed by atoms with Gasteiger partial charge in [-0.15, -0.1) is 0 Å². The van der Waals surface area contributed by atoms with Gasteiger partial charge in [-0.3, -0.25) is 4.79 Å². The number of anilines is 3. The lowest BCUT2D eigenvalue weighted by molar-refractivity contribution is 0.0996. The number of nitrogens with one attached hydrogen (secondary N) is 2. The van der Waals surface area contributed by atoms with Crippen LogP contribution in [-0.2, 0) is 16.3 Å². The minimum atomic E-state index is -3.38. The summed E-state index contributed by atoms with van der Waals surface area (Å²) in [6, 6.07) is 6.10. The molecule has 0 radical (unpaired) electrons. The number of amides is 1. The summed E-state index contributed by atoms with van der Waals surface area (Å²) < 4.78 is 23.4. The van der Waals surface area contributed by atoms with Crippen molar-refractivity contribution in [1.82, 2.24) is 9.97 Å². The Morgan fingerprint density at radius 1 is 1.27 bits per heavy atom. The van der Waals surface area contributed by atoms with Crippen LogP contribution in [0.25, 0.3) is 0 Å². The molecule has 1 heterocycles. The van der Waals surface area contributed by atoms with Gasteiger partial charge in [0.15, 0.2) is 21.3 Å². The van der Waals surface area contributed by atoms with E-state index in [1.54, 1.807) is 12.1 Å². The molecule has 5 N–H and O–H groups in total. The molecule has 0 aliphatic rings. The number of hydrogen-bond acceptors (Lipinski definition) is 8. The summed E-state index contributed by atoms with van der Waals surface area (Å²) in [6.45, 7) is 2.02. The summed E-state index contributed by atoms with van der Waals surface area (Å²) in [5.41, 5.74) is 6.30. The van der Waals surface area contributed by atoms with Gasteiger partial charge < -0.3 is 21.5 Å². The van der Waals surface area contributed by atoms with Crippen LogP contribution in [0.2, 0.25) is 0 Å². The van der Waals surface area contributed by atoms with Crippen molar-refractivity contribution < 1.29 is 18.3 Å². The number of primary amides is 1. The monoisotopic (exact) mass is 379 g/mol. The fraction of sp³-hybridized carbons (Fsp3) is 0.312. The Kier molecular flexibility index (Phi) is 6.11. The average Bonchev–Trinajstić information content (AvgIpc) is 2.59. The number of carbonyl (C=O) groups is 1. The number of rotatable bonds is 8. The van der Waals surface area contributed by atoms with E-state index in [2.05, 4.69) is 20.6 Å². The van der Waals surface area contributed by atoms with Crippen molar-refractivity contribution in [3.05, 3.63) is 35.7 Å². The maximum absolute atomic E-state index is 11.8. The molecule has 2 aromatic rings. The molecule has 0 aliphatic carbocycles. The van der Waals surface area contributed by atoms with Crippen molar-refractivity contribution in [2.75, 3.05) is 30.0 Å². The fourth-order valence-corrected chi connectivity index (χ4v) is 2.90. The molecule has 0 saturated heterocycles. The minimum Gasteiger partial charge on any atom is -0.395 e. The average molecular weight is 379 g/mol. The highest BCUT2D eigenvalue weighted by molar-refractivity contribution is 7.90. The first-order chi connectivity index (χ1) is 12.3. The maximum Gasteiger partial charge on any atom is 0.271 e. The molecule has 0 saturated carbocycles. The Morgan fingerprint density at radius 3 is 2.58 bits per heavy atom. The topological polar surface area (TPSA) is 147 Å². The van der Waals surface area contributed by atoms with Gasteiger partial charge in [-0.2, -0.15) is 0 Å². The van der Waals surface area contributed by atoms with Gasteiger partial charge in [-0.05, 0) is 24.6 Å². The van der Waals surface area contributed by atoms with Crippen LogP contribution in [0.15, 0.2) is 29.2 Å². The molecule has 1 amide bonds. The first-order valence-corrected chi connectivity index (χ1v) is 9.78. The highest BCUT2D eigenvalue weighted by Gasteiger charge is 2.17. The quantitative estimate of drug-likeness (QED) is 0.524. The first-order valence-electron chi connectivity index (χ1n) is 7.88. The lowest BCUT2D eigenvalue weighted by atomic mass is 10.2. The zero-order chi connectivity index (χ0) is 19.3. The third kappa shape index (κ3) is 4.67. The van der Waals surface area contributed by atoms with Crippen LogP contribution in [0.5, 0.6) is 0 Å². The summed E-state index contributed by atoms with van der Waals surface area (Å²) in [4.78, 5) is 20.5. The van der Waals surface area contributed by atoms with Crippen molar-refractivity contribution in [1.29, 1.82) is 0 Å².